The smallest absolute Gasteiger partial charge is 0.109 e. The van der Waals surface area contributed by atoms with Crippen LogP contribution in [0.2, 0.25) is 0 Å². The highest BCUT2D eigenvalue weighted by Gasteiger charge is 2.07. The van der Waals surface area contributed by atoms with Crippen LogP contribution >= 0.6 is 15.9 Å². The predicted molar refractivity (Wildman–Crippen MR) is 55.5 cm³/mol. The van der Waals surface area contributed by atoms with Crippen LogP contribution in [0.3, 0.4) is 0 Å². The first-order valence-electron chi connectivity index (χ1n) is 4.20. The average Bonchev–Trinajstić information content (AvgIpc) is 2.01. The van der Waals surface area contributed by atoms with Crippen LogP contribution < -0.4 is 0 Å². The van der Waals surface area contributed by atoms with Gasteiger partial charge in [-0.2, -0.15) is 0 Å². The van der Waals surface area contributed by atoms with Crippen molar-refractivity contribution in [2.75, 3.05) is 0 Å². The van der Waals surface area contributed by atoms with E-state index >= 15 is 0 Å². The Bertz CT molecular complexity index is 305. The van der Waals surface area contributed by atoms with Crippen LogP contribution in [0.15, 0.2) is 4.60 Å². The third-order valence-corrected chi connectivity index (χ3v) is 3.15. The second-order valence-corrected chi connectivity index (χ2v) is 3.82. The van der Waals surface area contributed by atoms with Gasteiger partial charge in [-0.05, 0) is 59.8 Å². The highest BCUT2D eigenvalue weighted by Crippen LogP contribution is 2.22. The van der Waals surface area contributed by atoms with Crippen LogP contribution in [-0.2, 0) is 6.42 Å². The lowest BCUT2D eigenvalue weighted by atomic mass is 10.0. The van der Waals surface area contributed by atoms with Crippen molar-refractivity contribution in [3.63, 3.8) is 0 Å². The number of hydrogen-bond donors (Lipinski definition) is 0. The van der Waals surface area contributed by atoms with E-state index < -0.39 is 0 Å². The van der Waals surface area contributed by atoms with Gasteiger partial charge in [0, 0.05) is 5.69 Å². The Morgan fingerprint density at radius 3 is 2.25 bits per heavy atom. The Labute approximate surface area is 82.3 Å². The molecule has 0 aliphatic rings. The average molecular weight is 228 g/mol. The highest BCUT2D eigenvalue weighted by molar-refractivity contribution is 9.10. The minimum atomic E-state index is 0.981. The van der Waals surface area contributed by atoms with Crippen LogP contribution in [0.25, 0.3) is 0 Å². The molecule has 0 spiro atoms. The zero-order chi connectivity index (χ0) is 9.30. The lowest BCUT2D eigenvalue weighted by molar-refractivity contribution is 0.990. The van der Waals surface area contributed by atoms with E-state index in [1.165, 1.54) is 16.7 Å². The molecule has 2 heteroatoms. The van der Waals surface area contributed by atoms with Crippen molar-refractivity contribution in [1.82, 2.24) is 4.98 Å². The zero-order valence-corrected chi connectivity index (χ0v) is 9.62. The van der Waals surface area contributed by atoms with Crippen molar-refractivity contribution < 1.29 is 0 Å². The van der Waals surface area contributed by atoms with Gasteiger partial charge in [-0.25, -0.2) is 4.98 Å². The minimum absolute atomic E-state index is 0.981. The Kier molecular flexibility index (Phi) is 2.89. The summed E-state index contributed by atoms with van der Waals surface area (Å²) in [7, 11) is 0. The molecule has 0 saturated carbocycles. The van der Waals surface area contributed by atoms with Gasteiger partial charge in [0.25, 0.3) is 0 Å². The van der Waals surface area contributed by atoms with Gasteiger partial charge in [-0.1, -0.05) is 6.92 Å². The molecule has 0 atom stereocenters. The van der Waals surface area contributed by atoms with E-state index in [1.54, 1.807) is 0 Å². The third kappa shape index (κ3) is 1.53. The molecule has 1 aromatic heterocycles. The number of aromatic nitrogens is 1. The molecule has 0 radical (unpaired) electrons. The largest absolute Gasteiger partial charge is 0.246 e. The first-order chi connectivity index (χ1) is 5.57. The fraction of sp³-hybridized carbons (Fsp3) is 0.500. The number of hydrogen-bond acceptors (Lipinski definition) is 1. The van der Waals surface area contributed by atoms with Gasteiger partial charge in [-0.3, -0.25) is 0 Å². The summed E-state index contributed by atoms with van der Waals surface area (Å²) in [4.78, 5) is 4.42. The molecule has 66 valence electrons. The summed E-state index contributed by atoms with van der Waals surface area (Å²) in [5.41, 5.74) is 5.16. The molecule has 0 aliphatic carbocycles. The number of halogens is 1. The van der Waals surface area contributed by atoms with E-state index in [-0.39, 0.29) is 0 Å². The van der Waals surface area contributed by atoms with E-state index in [9.17, 15) is 0 Å². The Balaban J connectivity index is 3.40. The summed E-state index contributed by atoms with van der Waals surface area (Å²) < 4.78 is 0.981. The van der Waals surface area contributed by atoms with Gasteiger partial charge < -0.3 is 0 Å². The summed E-state index contributed by atoms with van der Waals surface area (Å²) in [6.07, 6.45) is 1.07. The molecule has 12 heavy (non-hydrogen) atoms. The summed E-state index contributed by atoms with van der Waals surface area (Å²) in [5, 5.41) is 0. The molecular formula is C10H14BrN. The molecule has 0 unspecified atom stereocenters. The molecule has 1 aromatic rings. The van der Waals surface area contributed by atoms with Crippen molar-refractivity contribution in [3.05, 3.63) is 27.0 Å². The summed E-state index contributed by atoms with van der Waals surface area (Å²) in [6, 6.07) is 0. The second kappa shape index (κ2) is 3.56. The Morgan fingerprint density at radius 1 is 1.17 bits per heavy atom. The van der Waals surface area contributed by atoms with E-state index in [1.807, 2.05) is 0 Å². The van der Waals surface area contributed by atoms with Crippen molar-refractivity contribution in [1.29, 1.82) is 0 Å². The maximum absolute atomic E-state index is 4.42. The number of aryl methyl sites for hydroxylation is 1. The number of nitrogens with zero attached hydrogens (tertiary/aromatic N) is 1. The quantitative estimate of drug-likeness (QED) is 0.672. The van der Waals surface area contributed by atoms with Crippen LogP contribution in [0.1, 0.15) is 29.3 Å². The van der Waals surface area contributed by atoms with Crippen LogP contribution in [0.5, 0.6) is 0 Å². The molecule has 0 amide bonds. The van der Waals surface area contributed by atoms with Crippen molar-refractivity contribution in [3.8, 4) is 0 Å². The molecule has 1 rings (SSSR count). The van der Waals surface area contributed by atoms with Crippen LogP contribution in [0, 0.1) is 20.8 Å². The maximum atomic E-state index is 4.42. The summed E-state index contributed by atoms with van der Waals surface area (Å²) in [5.74, 6) is 0. The summed E-state index contributed by atoms with van der Waals surface area (Å²) in [6.45, 7) is 8.50. The van der Waals surface area contributed by atoms with Gasteiger partial charge >= 0.3 is 0 Å². The van der Waals surface area contributed by atoms with E-state index in [2.05, 4.69) is 48.6 Å². The first kappa shape index (κ1) is 9.72. The van der Waals surface area contributed by atoms with Gasteiger partial charge in [0.2, 0.25) is 0 Å². The second-order valence-electron chi connectivity index (χ2n) is 3.07. The highest BCUT2D eigenvalue weighted by atomic mass is 79.9. The van der Waals surface area contributed by atoms with E-state index in [0.29, 0.717) is 0 Å². The number of pyridine rings is 1. The lowest BCUT2D eigenvalue weighted by Gasteiger charge is -2.10. The fourth-order valence-corrected chi connectivity index (χ4v) is 2.04. The van der Waals surface area contributed by atoms with Gasteiger partial charge in [0.15, 0.2) is 0 Å². The lowest BCUT2D eigenvalue weighted by Crippen LogP contribution is -1.99. The van der Waals surface area contributed by atoms with Crippen LogP contribution in [0.4, 0.5) is 0 Å². The molecule has 0 bridgehead atoms. The summed E-state index contributed by atoms with van der Waals surface area (Å²) >= 11 is 3.45. The predicted octanol–water partition coefficient (Wildman–Crippen LogP) is 3.33. The van der Waals surface area contributed by atoms with Crippen molar-refractivity contribution in [2.45, 2.75) is 34.1 Å². The molecule has 0 aromatic carbocycles. The van der Waals surface area contributed by atoms with E-state index in [4.69, 9.17) is 0 Å². The molecule has 1 nitrogen and oxygen atoms in total. The Morgan fingerprint density at radius 2 is 1.75 bits per heavy atom. The molecule has 1 heterocycles. The zero-order valence-electron chi connectivity index (χ0n) is 8.03. The fourth-order valence-electron chi connectivity index (χ4n) is 1.47. The first-order valence-corrected chi connectivity index (χ1v) is 4.99. The molecule has 0 fully saturated rings. The molecule has 0 saturated heterocycles. The maximum Gasteiger partial charge on any atom is 0.109 e. The minimum Gasteiger partial charge on any atom is -0.246 e. The monoisotopic (exact) mass is 227 g/mol. The van der Waals surface area contributed by atoms with Gasteiger partial charge in [0.1, 0.15) is 4.60 Å². The van der Waals surface area contributed by atoms with Gasteiger partial charge in [-0.15, -0.1) is 0 Å². The molecular weight excluding hydrogens is 214 g/mol. The van der Waals surface area contributed by atoms with Gasteiger partial charge in [0.05, 0.1) is 0 Å². The third-order valence-electron chi connectivity index (χ3n) is 2.38. The Hall–Kier alpha value is -0.370. The standard InChI is InChI=1S/C10H14BrN/c1-5-9-6(2)7(3)10(11)12-8(9)4/h5H2,1-4H3. The topological polar surface area (TPSA) is 12.9 Å². The van der Waals surface area contributed by atoms with E-state index in [0.717, 1.165) is 16.7 Å². The molecule has 0 N–H and O–H groups in total. The van der Waals surface area contributed by atoms with Crippen molar-refractivity contribution in [2.24, 2.45) is 0 Å². The molecule has 0 aliphatic heterocycles. The SMILES string of the molecule is CCc1c(C)nc(Br)c(C)c1C. The van der Waals surface area contributed by atoms with Crippen LogP contribution in [-0.4, -0.2) is 4.98 Å². The van der Waals surface area contributed by atoms with Crippen molar-refractivity contribution >= 4 is 15.9 Å². The normalized spacial score (nSPS) is 10.4. The number of rotatable bonds is 1.